The predicted octanol–water partition coefficient (Wildman–Crippen LogP) is 7.95. The number of aromatic nitrogens is 1. The molecule has 0 atom stereocenters. The first-order valence-corrected chi connectivity index (χ1v) is 12.0. The minimum atomic E-state index is -4.07. The van der Waals surface area contributed by atoms with E-state index in [0.29, 0.717) is 56.8 Å². The van der Waals surface area contributed by atoms with E-state index in [1.807, 2.05) is 27.7 Å². The Morgan fingerprint density at radius 3 is 2.13 bits per heavy atom. The number of hydrogen-bond acceptors (Lipinski definition) is 0. The van der Waals surface area contributed by atoms with Crippen molar-refractivity contribution < 1.29 is 13.1 Å². The van der Waals surface area contributed by atoms with Crippen LogP contribution in [0.5, 0.6) is 0 Å². The first-order valence-electron chi connectivity index (χ1n) is 10.4. The zero-order chi connectivity index (χ0) is 23.0. The number of nitrogens with zero attached hydrogens (tertiary/aromatic N) is 2. The van der Waals surface area contributed by atoms with Crippen molar-refractivity contribution in [2.24, 2.45) is 0 Å². The highest BCUT2D eigenvalue weighted by molar-refractivity contribution is 9.10. The van der Waals surface area contributed by atoms with E-state index in [1.165, 1.54) is 8.96 Å². The molecule has 2 nitrogen and oxygen atoms in total. The molecule has 0 saturated heterocycles. The quantitative estimate of drug-likeness (QED) is 0.358. The lowest BCUT2D eigenvalue weighted by Crippen LogP contribution is -2.51. The second kappa shape index (κ2) is 7.60. The highest BCUT2D eigenvalue weighted by Gasteiger charge is 2.57. The average molecular weight is 528 g/mol. The van der Waals surface area contributed by atoms with Crippen molar-refractivity contribution in [2.45, 2.75) is 54.4 Å². The molecule has 2 aromatic rings. The van der Waals surface area contributed by atoms with E-state index in [1.54, 1.807) is 26.0 Å². The minimum Gasteiger partial charge on any atom is -0.393 e. The summed E-state index contributed by atoms with van der Waals surface area (Å²) in [4.78, 5) is 0. The summed E-state index contributed by atoms with van der Waals surface area (Å²) < 4.78 is 35.7. The fourth-order valence-corrected chi connectivity index (χ4v) is 6.89. The maximum absolute atomic E-state index is 16.2. The summed E-state index contributed by atoms with van der Waals surface area (Å²) in [5.41, 5.74) is 7.08. The van der Waals surface area contributed by atoms with Gasteiger partial charge < -0.3 is 17.6 Å². The maximum Gasteiger partial charge on any atom is 0.737 e. The molecule has 0 spiro atoms. The molecular formula is C23H24BBrCl2F2N2. The van der Waals surface area contributed by atoms with Gasteiger partial charge in [0.25, 0.3) is 0 Å². The van der Waals surface area contributed by atoms with Gasteiger partial charge in [-0.3, -0.25) is 0 Å². The molecular weight excluding hydrogens is 504 g/mol. The van der Waals surface area contributed by atoms with Gasteiger partial charge in [-0.2, -0.15) is 0 Å². The van der Waals surface area contributed by atoms with E-state index in [9.17, 15) is 0 Å². The summed E-state index contributed by atoms with van der Waals surface area (Å²) in [6.07, 6.45) is 1.35. The molecule has 0 bridgehead atoms. The lowest BCUT2D eigenvalue weighted by atomic mass is 9.83. The van der Waals surface area contributed by atoms with Crippen molar-refractivity contribution in [3.63, 3.8) is 0 Å². The molecule has 0 fully saturated rings. The van der Waals surface area contributed by atoms with Crippen LogP contribution < -0.4 is 0 Å². The van der Waals surface area contributed by atoms with E-state index < -0.39 is 6.97 Å². The highest BCUT2D eigenvalue weighted by atomic mass is 79.9. The molecule has 2 aliphatic rings. The number of rotatable bonds is 3. The second-order valence-corrected chi connectivity index (χ2v) is 9.96. The number of benzene rings is 1. The summed E-state index contributed by atoms with van der Waals surface area (Å²) in [6, 6.07) is 3.53. The smallest absolute Gasteiger partial charge is 0.393 e. The molecule has 2 aliphatic heterocycles. The van der Waals surface area contributed by atoms with Crippen molar-refractivity contribution in [1.82, 2.24) is 4.48 Å². The number of allylic oxidation sites excluding steroid dienone is 2. The molecule has 164 valence electrons. The van der Waals surface area contributed by atoms with Crippen molar-refractivity contribution in [3.8, 4) is 0 Å². The average Bonchev–Trinajstić information content (AvgIpc) is 3.08. The largest absolute Gasteiger partial charge is 0.737 e. The summed E-state index contributed by atoms with van der Waals surface area (Å²) in [7, 11) is 0. The van der Waals surface area contributed by atoms with E-state index in [-0.39, 0.29) is 0 Å². The molecule has 0 aliphatic carbocycles. The van der Waals surface area contributed by atoms with Crippen LogP contribution in [0.4, 0.5) is 8.63 Å². The van der Waals surface area contributed by atoms with Crippen LogP contribution in [-0.4, -0.2) is 21.6 Å². The Balaban J connectivity index is 2.29. The van der Waals surface area contributed by atoms with Gasteiger partial charge in [-0.05, 0) is 62.6 Å². The Morgan fingerprint density at radius 2 is 1.61 bits per heavy atom. The van der Waals surface area contributed by atoms with Crippen LogP contribution in [0.3, 0.4) is 0 Å². The van der Waals surface area contributed by atoms with Crippen molar-refractivity contribution in [3.05, 3.63) is 71.6 Å². The first-order chi connectivity index (χ1) is 14.5. The van der Waals surface area contributed by atoms with Crippen molar-refractivity contribution in [1.29, 1.82) is 0 Å². The fourth-order valence-electron chi connectivity index (χ4n) is 5.50. The Morgan fingerprint density at radius 1 is 1.03 bits per heavy atom. The maximum atomic E-state index is 16.2. The standard InChI is InChI=1S/C23H24BBrCl2F2N2/c1-7-16-11(3)22-21(20-18(26)9-15(25)10-19(20)27)23-12(4)17(8-2)14(6)31(23)24(28,29)30(22)13(16)5/h9-10H,7-8H2,1-6H3. The van der Waals surface area contributed by atoms with Crippen LogP contribution in [-0.2, 0) is 6.42 Å². The monoisotopic (exact) mass is 526 g/mol. The summed E-state index contributed by atoms with van der Waals surface area (Å²) >= 11 is 16.8. The Hall–Kier alpha value is -1.37. The van der Waals surface area contributed by atoms with Gasteiger partial charge in [0.05, 0.1) is 15.6 Å². The molecule has 4 rings (SSSR count). The van der Waals surface area contributed by atoms with Crippen molar-refractivity contribution in [2.75, 3.05) is 0 Å². The Labute approximate surface area is 200 Å². The summed E-state index contributed by atoms with van der Waals surface area (Å²) in [5.74, 6) is 0. The third kappa shape index (κ3) is 2.97. The molecule has 0 amide bonds. The number of hydrogen-bond donors (Lipinski definition) is 0. The predicted molar refractivity (Wildman–Crippen MR) is 131 cm³/mol. The third-order valence-corrected chi connectivity index (χ3v) is 7.81. The number of halogens is 5. The Bertz CT molecular complexity index is 1230. The number of fused-ring (bicyclic) bond motifs is 2. The normalized spacial score (nSPS) is 17.6. The van der Waals surface area contributed by atoms with E-state index in [0.717, 1.165) is 26.7 Å². The first kappa shape index (κ1) is 22.8. The van der Waals surface area contributed by atoms with Gasteiger partial charge >= 0.3 is 6.97 Å². The zero-order valence-corrected chi connectivity index (χ0v) is 21.5. The lowest BCUT2D eigenvalue weighted by Gasteiger charge is -2.34. The molecule has 0 radical (unpaired) electrons. The van der Waals surface area contributed by atoms with Crippen molar-refractivity contribution >= 4 is 57.4 Å². The molecule has 8 heteroatoms. The summed E-state index contributed by atoms with van der Waals surface area (Å²) in [6.45, 7) is 7.34. The third-order valence-electron chi connectivity index (χ3n) is 6.75. The van der Waals surface area contributed by atoms with Gasteiger partial charge in [-0.1, -0.05) is 53.0 Å². The van der Waals surface area contributed by atoms with Crippen LogP contribution in [0.15, 0.2) is 33.4 Å². The molecule has 0 N–H and O–H groups in total. The van der Waals surface area contributed by atoms with Gasteiger partial charge in [-0.15, -0.1) is 0 Å². The Kier molecular flexibility index (Phi) is 5.59. The molecule has 31 heavy (non-hydrogen) atoms. The molecule has 0 saturated carbocycles. The second-order valence-electron chi connectivity index (χ2n) is 8.23. The van der Waals surface area contributed by atoms with Crippen LogP contribution in [0.1, 0.15) is 62.2 Å². The van der Waals surface area contributed by atoms with Crippen LogP contribution in [0.25, 0.3) is 5.57 Å². The molecule has 1 aromatic heterocycles. The van der Waals surface area contributed by atoms with E-state index in [2.05, 4.69) is 15.9 Å². The van der Waals surface area contributed by atoms with Gasteiger partial charge in [0, 0.05) is 33.8 Å². The fraction of sp³-hybridized carbons (Fsp3) is 0.348. The van der Waals surface area contributed by atoms with E-state index >= 15 is 8.63 Å². The van der Waals surface area contributed by atoms with E-state index in [4.69, 9.17) is 23.2 Å². The lowest BCUT2D eigenvalue weighted by molar-refractivity contribution is -0.363. The van der Waals surface area contributed by atoms with Gasteiger partial charge in [0.15, 0.2) is 5.70 Å². The molecule has 1 aromatic carbocycles. The molecule has 0 unspecified atom stereocenters. The van der Waals surface area contributed by atoms with Gasteiger partial charge in [0.1, 0.15) is 5.71 Å². The van der Waals surface area contributed by atoms with Crippen LogP contribution in [0, 0.1) is 13.8 Å². The molecule has 3 heterocycles. The van der Waals surface area contributed by atoms with Gasteiger partial charge in [0.2, 0.25) is 0 Å². The SMILES string of the molecule is CCC1=C(C)C2=C(c3c(Cl)cc(Br)cc3Cl)c3c(C)c(CC)c(C)n3[B-](F)(F)[N+]2=C1C. The summed E-state index contributed by atoms with van der Waals surface area (Å²) in [5, 5.41) is 0.857. The zero-order valence-electron chi connectivity index (χ0n) is 18.4. The van der Waals surface area contributed by atoms with Crippen LogP contribution >= 0.6 is 39.1 Å². The highest BCUT2D eigenvalue weighted by Crippen LogP contribution is 2.50. The topological polar surface area (TPSA) is 7.94 Å². The van der Waals surface area contributed by atoms with Gasteiger partial charge in [-0.25, -0.2) is 0 Å². The minimum absolute atomic E-state index is 0.429. The van der Waals surface area contributed by atoms with Crippen LogP contribution in [0.2, 0.25) is 10.0 Å².